The first-order valence-electron chi connectivity index (χ1n) is 28.7. The van der Waals surface area contributed by atoms with Gasteiger partial charge in [0.05, 0.1) is 51.8 Å². The lowest BCUT2D eigenvalue weighted by molar-refractivity contribution is -0.153. The van der Waals surface area contributed by atoms with E-state index in [9.17, 15) is 47.1 Å². The minimum Gasteiger partial charge on any atom is -0.480 e. The van der Waals surface area contributed by atoms with Crippen molar-refractivity contribution in [1.29, 1.82) is 0 Å². The Balaban J connectivity index is 0.000000262. The molecule has 92 heavy (non-hydrogen) atoms. The second-order valence-electron chi connectivity index (χ2n) is 25.1. The number of hydrogen-bond acceptors (Lipinski definition) is 19. The Morgan fingerprint density at radius 3 is 0.989 bits per heavy atom. The molecule has 0 saturated carbocycles. The number of esters is 2. The second-order valence-corrected chi connectivity index (χ2v) is 32.8. The minimum absolute atomic E-state index is 0. The summed E-state index contributed by atoms with van der Waals surface area (Å²) in [7, 11) is -14.7. The van der Waals surface area contributed by atoms with Gasteiger partial charge in [-0.15, -0.1) is 0 Å². The maximum absolute atomic E-state index is 15.0. The van der Waals surface area contributed by atoms with Crippen LogP contribution in [0.4, 0.5) is 0 Å². The van der Waals surface area contributed by atoms with Crippen LogP contribution in [0.2, 0.25) is 10.0 Å². The lowest BCUT2D eigenvalue weighted by Crippen LogP contribution is -2.41. The molecule has 20 nitrogen and oxygen atoms in total. The molecule has 0 amide bonds. The highest BCUT2D eigenvalue weighted by Gasteiger charge is 2.53. The largest absolute Gasteiger partial charge is 0.494 e. The van der Waals surface area contributed by atoms with Gasteiger partial charge in [0, 0.05) is 10.0 Å². The van der Waals surface area contributed by atoms with E-state index >= 15 is 0 Å². The average Bonchev–Trinajstić information content (AvgIpc) is 1.42. The third-order valence-electron chi connectivity index (χ3n) is 14.6. The van der Waals surface area contributed by atoms with Crippen LogP contribution in [0.1, 0.15) is 104 Å². The number of hydrogen-bond donors (Lipinski definition) is 5. The quantitative estimate of drug-likeness (QED) is 0.0449. The maximum Gasteiger partial charge on any atom is 0.494 e. The van der Waals surface area contributed by atoms with E-state index < -0.39 is 116 Å². The van der Waals surface area contributed by atoms with Gasteiger partial charge in [-0.05, 0) is 204 Å². The minimum atomic E-state index is -3.45. The van der Waals surface area contributed by atoms with Crippen molar-refractivity contribution >= 4 is 121 Å². The van der Waals surface area contributed by atoms with Gasteiger partial charge < -0.3 is 53.3 Å². The van der Waals surface area contributed by atoms with Gasteiger partial charge in [0.15, 0.2) is 0 Å². The van der Waals surface area contributed by atoms with Crippen molar-refractivity contribution in [3.63, 3.8) is 0 Å². The molecule has 0 spiro atoms. The summed E-state index contributed by atoms with van der Waals surface area (Å²) in [5, 5.41) is 46.9. The second kappa shape index (κ2) is 30.2. The van der Waals surface area contributed by atoms with Crippen molar-refractivity contribution in [2.45, 2.75) is 167 Å². The zero-order chi connectivity index (χ0) is 67.9. The SMILES string of the molecule is C.CC(C)(C)OC(=O)CN=S(=O)(c1cccc(B2OC(C)(C)C(C)(C)O2)c1)c1cccc(B2OC(C)(C)C(C)(C)O2)c1.CC(C)(C)OC(=O)CN=S(=O)(c1cccc(Cl)c1)c1cccc(Cl)c1.O=C(O)CN=S(=O)(c1cccc(B(O)O)c1)c1cccc(B(O)O)c1. The fourth-order valence-corrected chi connectivity index (χ4v) is 15.1. The summed E-state index contributed by atoms with van der Waals surface area (Å²) >= 11 is 12.1. The molecule has 6 aromatic carbocycles. The van der Waals surface area contributed by atoms with Gasteiger partial charge in [0.2, 0.25) is 0 Å². The van der Waals surface area contributed by atoms with E-state index in [0.29, 0.717) is 40.6 Å². The molecule has 2 saturated heterocycles. The zero-order valence-corrected chi connectivity index (χ0v) is 57.2. The molecule has 0 aromatic heterocycles. The monoisotopic (exact) mass is 1360 g/mol. The summed E-state index contributed by atoms with van der Waals surface area (Å²) in [5.41, 5.74) is -1.92. The molecule has 8 rings (SSSR count). The molecule has 0 aliphatic carbocycles. The predicted molar refractivity (Wildman–Crippen MR) is 362 cm³/mol. The Bertz CT molecular complexity index is 3810. The number of carbonyl (C=O) groups excluding carboxylic acids is 2. The number of carboxylic acids is 1. The summed E-state index contributed by atoms with van der Waals surface area (Å²) in [6.07, 6.45) is 0. The molecule has 2 aliphatic heterocycles. The van der Waals surface area contributed by atoms with Gasteiger partial charge in [-0.25, -0.2) is 25.7 Å². The van der Waals surface area contributed by atoms with Crippen molar-refractivity contribution in [3.8, 4) is 0 Å². The summed E-state index contributed by atoms with van der Waals surface area (Å²) in [5.74, 6) is -2.40. The Morgan fingerprint density at radius 2 is 0.717 bits per heavy atom. The molecule has 0 atom stereocenters. The van der Waals surface area contributed by atoms with Crippen molar-refractivity contribution in [3.05, 3.63) is 156 Å². The first kappa shape index (κ1) is 76.8. The third kappa shape index (κ3) is 19.6. The van der Waals surface area contributed by atoms with Gasteiger partial charge in [0.1, 0.15) is 60.0 Å². The van der Waals surface area contributed by atoms with E-state index in [2.05, 4.69) is 13.1 Å². The molecular weight excluding hydrogens is 1280 g/mol. The maximum atomic E-state index is 15.0. The zero-order valence-electron chi connectivity index (χ0n) is 53.2. The summed E-state index contributed by atoms with van der Waals surface area (Å²) in [4.78, 5) is 37.4. The van der Waals surface area contributed by atoms with Crippen LogP contribution in [0, 0.1) is 0 Å². The lowest BCUT2D eigenvalue weighted by atomic mass is 9.79. The highest BCUT2D eigenvalue weighted by Crippen LogP contribution is 2.39. The Morgan fingerprint density at radius 1 is 0.457 bits per heavy atom. The Hall–Kier alpha value is -5.90. The highest BCUT2D eigenvalue weighted by atomic mass is 35.5. The molecule has 2 aliphatic rings. The van der Waals surface area contributed by atoms with E-state index in [1.165, 1.54) is 48.5 Å². The van der Waals surface area contributed by atoms with E-state index in [4.69, 9.17) is 56.4 Å². The number of ether oxygens (including phenoxy) is 2. The van der Waals surface area contributed by atoms with Crippen molar-refractivity contribution < 1.29 is 80.3 Å². The number of aliphatic carboxylic acids is 1. The standard InChI is InChI=1S/C30H43B2NO7S.C18H19Cl2NO3S.C14H15B2NO7S.CH4/c1-26(2,3)36-25(34)20-33-41(35,23-16-12-14-21(18-23)31-37-27(4,5)28(6,7)38-31)24-17-13-15-22(19-24)32-39-29(8,9)30(10,11)40-32;1-18(2,3)24-17(22)12-21-25(23,15-8-4-6-13(19)10-15)16-9-5-7-14(20)11-16;18-14(19)9-17-25(24,12-5-1-3-10(7-12)15(20)21)13-6-2-4-11(8-13)16(22)23;/h12-19H,20H2,1-11H3;4-11H,12H2,1-3H3;1-8,20-23H,9H2,(H,18,19);1H4. The van der Waals surface area contributed by atoms with Crippen LogP contribution in [-0.2, 0) is 71.7 Å². The van der Waals surface area contributed by atoms with E-state index in [1.54, 1.807) is 126 Å². The highest BCUT2D eigenvalue weighted by molar-refractivity contribution is 7.94. The number of carbonyl (C=O) groups is 3. The molecule has 29 heteroatoms. The smallest absolute Gasteiger partial charge is 0.480 e. The molecule has 2 fully saturated rings. The van der Waals surface area contributed by atoms with Crippen LogP contribution >= 0.6 is 23.2 Å². The molecule has 0 bridgehead atoms. The van der Waals surface area contributed by atoms with Crippen molar-refractivity contribution in [2.75, 3.05) is 19.6 Å². The third-order valence-corrected chi connectivity index (χ3v) is 21.9. The van der Waals surface area contributed by atoms with Gasteiger partial charge in [0.25, 0.3) is 0 Å². The normalized spacial score (nSPS) is 15.7. The number of rotatable bonds is 16. The van der Waals surface area contributed by atoms with Crippen LogP contribution < -0.4 is 21.9 Å². The van der Waals surface area contributed by atoms with Crippen LogP contribution in [0.15, 0.2) is 188 Å². The Labute approximate surface area is 553 Å². The molecule has 0 radical (unpaired) electrons. The molecular formula is C63H81B4Cl2N3O17S3. The first-order chi connectivity index (χ1) is 42.0. The van der Waals surface area contributed by atoms with Crippen LogP contribution in [0.5, 0.6) is 0 Å². The van der Waals surface area contributed by atoms with Gasteiger partial charge in [-0.1, -0.05) is 91.3 Å². The molecule has 2 heterocycles. The molecule has 494 valence electrons. The summed E-state index contributed by atoms with van der Waals surface area (Å²) < 4.78 is 90.3. The number of carboxylic acid groups (broad SMARTS) is 1. The summed E-state index contributed by atoms with van der Waals surface area (Å²) in [6.45, 7) is 25.0. The first-order valence-corrected chi connectivity index (χ1v) is 34.0. The molecule has 5 N–H and O–H groups in total. The van der Waals surface area contributed by atoms with E-state index in [-0.39, 0.29) is 41.2 Å². The fourth-order valence-electron chi connectivity index (χ4n) is 8.63. The topological polar surface area (TPSA) is 296 Å². The number of nitrogens with zero attached hydrogens (tertiary/aromatic N) is 3. The van der Waals surface area contributed by atoms with Crippen LogP contribution in [0.25, 0.3) is 0 Å². The predicted octanol–water partition coefficient (Wildman–Crippen LogP) is 8.39. The number of halogens is 2. The van der Waals surface area contributed by atoms with Gasteiger partial charge in [-0.3, -0.25) is 14.4 Å². The molecule has 6 aromatic rings. The van der Waals surface area contributed by atoms with Gasteiger partial charge in [-0.2, -0.15) is 0 Å². The average molecular weight is 1360 g/mol. The lowest BCUT2D eigenvalue weighted by Gasteiger charge is -2.32. The fraction of sp³-hybridized carbons (Fsp3) is 0.381. The summed E-state index contributed by atoms with van der Waals surface area (Å²) in [6, 6.07) is 38.6. The number of benzene rings is 6. The van der Waals surface area contributed by atoms with Crippen LogP contribution in [-0.4, -0.2) is 137 Å². The Kier molecular flexibility index (Phi) is 25.2. The van der Waals surface area contributed by atoms with E-state index in [1.807, 2.05) is 67.5 Å². The van der Waals surface area contributed by atoms with Crippen molar-refractivity contribution in [2.24, 2.45) is 13.1 Å². The van der Waals surface area contributed by atoms with Crippen LogP contribution in [0.3, 0.4) is 0 Å². The van der Waals surface area contributed by atoms with E-state index in [0.717, 1.165) is 0 Å². The molecule has 0 unspecified atom stereocenters. The van der Waals surface area contributed by atoms with Gasteiger partial charge >= 0.3 is 46.4 Å². The van der Waals surface area contributed by atoms with Crippen molar-refractivity contribution in [1.82, 2.24) is 0 Å².